The molecule has 40 heavy (non-hydrogen) atoms. The number of carbonyl (C=O) groups excluding carboxylic acids is 2. The number of benzene rings is 3. The van der Waals surface area contributed by atoms with Crippen LogP contribution in [-0.4, -0.2) is 67.4 Å². The van der Waals surface area contributed by atoms with Crippen molar-refractivity contribution in [2.24, 2.45) is 0 Å². The number of ether oxygens (including phenoxy) is 3. The summed E-state index contributed by atoms with van der Waals surface area (Å²) in [5.74, 6) is -0.193. The summed E-state index contributed by atoms with van der Waals surface area (Å²) in [6.45, 7) is 0.672. The Balaban J connectivity index is 1.39. The number of carboxylic acids is 1. The molecule has 0 spiro atoms. The molecule has 10 nitrogen and oxygen atoms in total. The van der Waals surface area contributed by atoms with Gasteiger partial charge < -0.3 is 34.9 Å². The maximum atomic E-state index is 13.3. The minimum atomic E-state index is -1.01. The van der Waals surface area contributed by atoms with Gasteiger partial charge >= 0.3 is 12.0 Å². The molecule has 1 saturated heterocycles. The number of carboxylic acid groups (broad SMARTS) is 1. The number of nitrogens with one attached hydrogen (secondary N) is 2. The molecule has 0 bridgehead atoms. The molecule has 3 N–H and O–H groups in total. The lowest BCUT2D eigenvalue weighted by molar-refractivity contribution is -0.132. The minimum Gasteiger partial charge on any atom is -0.495 e. The second-order valence-electron chi connectivity index (χ2n) is 9.20. The van der Waals surface area contributed by atoms with Gasteiger partial charge in [0.05, 0.1) is 47.6 Å². The Bertz CT molecular complexity index is 1370. The van der Waals surface area contributed by atoms with E-state index >= 15 is 0 Å². The molecule has 0 aromatic heterocycles. The van der Waals surface area contributed by atoms with Crippen molar-refractivity contribution in [3.63, 3.8) is 0 Å². The molecule has 11 heteroatoms. The molecule has 2 atom stereocenters. The molecule has 1 aliphatic heterocycles. The normalized spacial score (nSPS) is 16.3. The topological polar surface area (TPSA) is 126 Å². The number of hydrogen-bond acceptors (Lipinski definition) is 6. The van der Waals surface area contributed by atoms with E-state index in [0.29, 0.717) is 46.4 Å². The third-order valence-electron chi connectivity index (χ3n) is 6.56. The maximum absolute atomic E-state index is 13.3. The fourth-order valence-electron chi connectivity index (χ4n) is 4.46. The molecule has 1 aliphatic rings. The molecule has 0 radical (unpaired) electrons. The average Bonchev–Trinajstić information content (AvgIpc) is 3.38. The van der Waals surface area contributed by atoms with E-state index in [1.54, 1.807) is 66.6 Å². The molecule has 3 aromatic rings. The smallest absolute Gasteiger partial charge is 0.335 e. The van der Waals surface area contributed by atoms with E-state index in [2.05, 4.69) is 10.6 Å². The Kier molecular flexibility index (Phi) is 9.47. The summed E-state index contributed by atoms with van der Waals surface area (Å²) < 4.78 is 16.9. The Hall–Kier alpha value is -4.28. The number of carbonyl (C=O) groups is 3. The zero-order valence-electron chi connectivity index (χ0n) is 22.1. The average molecular weight is 568 g/mol. The Morgan fingerprint density at radius 2 is 1.73 bits per heavy atom. The predicted molar refractivity (Wildman–Crippen MR) is 151 cm³/mol. The lowest BCUT2D eigenvalue weighted by Crippen LogP contribution is -2.40. The van der Waals surface area contributed by atoms with Crippen LogP contribution in [0.4, 0.5) is 16.2 Å². The quantitative estimate of drug-likeness (QED) is 0.317. The highest BCUT2D eigenvalue weighted by Gasteiger charge is 2.35. The molecule has 0 saturated carbocycles. The number of hydrogen-bond donors (Lipinski definition) is 3. The van der Waals surface area contributed by atoms with Gasteiger partial charge in [0.25, 0.3) is 0 Å². The van der Waals surface area contributed by atoms with Crippen molar-refractivity contribution < 1.29 is 33.7 Å². The fraction of sp³-hybridized carbons (Fsp3) is 0.276. The van der Waals surface area contributed by atoms with Crippen LogP contribution in [0.15, 0.2) is 66.7 Å². The first-order chi connectivity index (χ1) is 19.3. The van der Waals surface area contributed by atoms with Gasteiger partial charge in [-0.05, 0) is 60.5 Å². The molecule has 2 unspecified atom stereocenters. The molecule has 210 valence electrons. The van der Waals surface area contributed by atoms with E-state index in [1.165, 1.54) is 19.2 Å². The fourth-order valence-corrected chi connectivity index (χ4v) is 4.64. The van der Waals surface area contributed by atoms with Gasteiger partial charge in [-0.25, -0.2) is 9.59 Å². The minimum absolute atomic E-state index is 0.103. The van der Waals surface area contributed by atoms with Crippen LogP contribution in [0.1, 0.15) is 22.3 Å². The molecule has 0 aliphatic carbocycles. The highest BCUT2D eigenvalue weighted by Crippen LogP contribution is 2.28. The van der Waals surface area contributed by atoms with E-state index in [-0.39, 0.29) is 36.6 Å². The van der Waals surface area contributed by atoms with Gasteiger partial charge in [-0.3, -0.25) is 4.79 Å². The van der Waals surface area contributed by atoms with Crippen molar-refractivity contribution in [1.82, 2.24) is 4.90 Å². The number of nitrogens with zero attached hydrogens (tertiary/aromatic N) is 1. The van der Waals surface area contributed by atoms with Crippen molar-refractivity contribution in [2.45, 2.75) is 25.0 Å². The van der Waals surface area contributed by atoms with Crippen molar-refractivity contribution in [3.8, 4) is 11.5 Å². The van der Waals surface area contributed by atoms with E-state index < -0.39 is 12.0 Å². The zero-order valence-corrected chi connectivity index (χ0v) is 22.8. The van der Waals surface area contributed by atoms with Crippen LogP contribution in [0.25, 0.3) is 0 Å². The van der Waals surface area contributed by atoms with Crippen LogP contribution >= 0.6 is 11.6 Å². The summed E-state index contributed by atoms with van der Waals surface area (Å²) >= 11 is 6.11. The van der Waals surface area contributed by atoms with Gasteiger partial charge in [0.2, 0.25) is 5.91 Å². The maximum Gasteiger partial charge on any atom is 0.335 e. The summed E-state index contributed by atoms with van der Waals surface area (Å²) in [6.07, 6.45) is 0.606. The molecule has 1 heterocycles. The van der Waals surface area contributed by atoms with Crippen LogP contribution in [0.3, 0.4) is 0 Å². The van der Waals surface area contributed by atoms with E-state index in [0.717, 1.165) is 0 Å². The molecule has 1 fully saturated rings. The number of urea groups is 1. The molecule has 3 aromatic carbocycles. The third-order valence-corrected chi connectivity index (χ3v) is 6.89. The SMILES string of the molecule is COc1cc(CC(=O)N2CC(OC)CC2COc2ccc(C(=O)O)cc2)ccc1NC(=O)Nc1ccccc1Cl. The zero-order chi connectivity index (χ0) is 28.6. The van der Waals surface area contributed by atoms with Gasteiger partial charge in [0.15, 0.2) is 0 Å². The number of aromatic carboxylic acids is 1. The van der Waals surface area contributed by atoms with Crippen LogP contribution in [0.5, 0.6) is 11.5 Å². The largest absolute Gasteiger partial charge is 0.495 e. The Labute approximate surface area is 236 Å². The van der Waals surface area contributed by atoms with Crippen LogP contribution < -0.4 is 20.1 Å². The number of amides is 3. The lowest BCUT2D eigenvalue weighted by atomic mass is 10.1. The highest BCUT2D eigenvalue weighted by molar-refractivity contribution is 6.33. The summed E-state index contributed by atoms with van der Waals surface area (Å²) in [5.41, 5.74) is 1.79. The number of methoxy groups -OCH3 is 2. The third kappa shape index (κ3) is 7.22. The monoisotopic (exact) mass is 567 g/mol. The number of likely N-dealkylation sites (tertiary alicyclic amines) is 1. The standard InChI is InChI=1S/C29H30ClN3O7/c1-38-22-15-20(17-40-21-10-8-19(9-11-21)28(35)36)33(16-22)27(34)14-18-7-12-25(26(13-18)39-2)32-29(37)31-24-6-4-3-5-23(24)30/h3-13,20,22H,14-17H2,1-2H3,(H,35,36)(H2,31,32,37). The van der Waals surface area contributed by atoms with Crippen molar-refractivity contribution in [3.05, 3.63) is 82.9 Å². The second-order valence-corrected chi connectivity index (χ2v) is 9.61. The number of anilines is 2. The predicted octanol–water partition coefficient (Wildman–Crippen LogP) is 4.93. The molecular weight excluding hydrogens is 538 g/mol. The van der Waals surface area contributed by atoms with E-state index in [9.17, 15) is 14.4 Å². The van der Waals surface area contributed by atoms with Gasteiger partial charge in [-0.15, -0.1) is 0 Å². The number of para-hydroxylation sites is 1. The van der Waals surface area contributed by atoms with Gasteiger partial charge in [0, 0.05) is 13.7 Å². The van der Waals surface area contributed by atoms with Crippen molar-refractivity contribution >= 4 is 40.9 Å². The Morgan fingerprint density at radius 3 is 2.40 bits per heavy atom. The first-order valence-electron chi connectivity index (χ1n) is 12.5. The molecular formula is C29H30ClN3O7. The van der Waals surface area contributed by atoms with E-state index in [4.69, 9.17) is 30.9 Å². The molecule has 4 rings (SSSR count). The molecule has 3 amide bonds. The van der Waals surface area contributed by atoms with Gasteiger partial charge in [0.1, 0.15) is 18.1 Å². The first kappa shape index (κ1) is 28.7. The van der Waals surface area contributed by atoms with Crippen molar-refractivity contribution in [1.29, 1.82) is 0 Å². The van der Waals surface area contributed by atoms with Gasteiger partial charge in [-0.1, -0.05) is 29.8 Å². The highest BCUT2D eigenvalue weighted by atomic mass is 35.5. The number of rotatable bonds is 10. The summed E-state index contributed by atoms with van der Waals surface area (Å²) in [7, 11) is 3.10. The van der Waals surface area contributed by atoms with Crippen LogP contribution in [-0.2, 0) is 16.0 Å². The second kappa shape index (κ2) is 13.2. The summed E-state index contributed by atoms with van der Waals surface area (Å²) in [6, 6.07) is 17.5. The summed E-state index contributed by atoms with van der Waals surface area (Å²) in [4.78, 5) is 38.6. The first-order valence-corrected chi connectivity index (χ1v) is 12.9. The lowest BCUT2D eigenvalue weighted by Gasteiger charge is -2.25. The van der Waals surface area contributed by atoms with Gasteiger partial charge in [-0.2, -0.15) is 0 Å². The van der Waals surface area contributed by atoms with Crippen molar-refractivity contribution in [2.75, 3.05) is 38.0 Å². The van der Waals surface area contributed by atoms with Crippen LogP contribution in [0, 0.1) is 0 Å². The number of halogens is 1. The van der Waals surface area contributed by atoms with E-state index in [1.807, 2.05) is 0 Å². The summed E-state index contributed by atoms with van der Waals surface area (Å²) in [5, 5.41) is 14.9. The Morgan fingerprint density at radius 1 is 1.00 bits per heavy atom. The van der Waals surface area contributed by atoms with Crippen LogP contribution in [0.2, 0.25) is 5.02 Å².